The normalized spacial score (nSPS) is 15.5. The van der Waals surface area contributed by atoms with E-state index in [0.29, 0.717) is 0 Å². The number of benzene rings is 1. The van der Waals surface area contributed by atoms with Gasteiger partial charge in [0.1, 0.15) is 5.72 Å². The first-order chi connectivity index (χ1) is 5.93. The van der Waals surface area contributed by atoms with Crippen molar-refractivity contribution in [2.24, 2.45) is 5.73 Å². The van der Waals surface area contributed by atoms with Crippen molar-refractivity contribution in [1.82, 2.24) is 0 Å². The molecule has 0 fully saturated rings. The van der Waals surface area contributed by atoms with E-state index in [2.05, 4.69) is 13.0 Å². The van der Waals surface area contributed by atoms with Crippen molar-refractivity contribution in [3.63, 3.8) is 0 Å². The van der Waals surface area contributed by atoms with Gasteiger partial charge in [-0.25, -0.2) is 0 Å². The molecule has 0 radical (unpaired) electrons. The summed E-state index contributed by atoms with van der Waals surface area (Å²) in [7, 11) is 0. The third-order valence-electron chi connectivity index (χ3n) is 2.13. The molecule has 0 aliphatic carbocycles. The Morgan fingerprint density at radius 1 is 1.38 bits per heavy atom. The summed E-state index contributed by atoms with van der Waals surface area (Å²) < 4.78 is 0. The van der Waals surface area contributed by atoms with Gasteiger partial charge in [0.05, 0.1) is 0 Å². The van der Waals surface area contributed by atoms with Crippen molar-refractivity contribution in [2.75, 3.05) is 0 Å². The van der Waals surface area contributed by atoms with E-state index in [-0.39, 0.29) is 0 Å². The molecular weight excluding hydrogens is 162 g/mol. The Kier molecular flexibility index (Phi) is 2.74. The average Bonchev–Trinajstić information content (AvgIpc) is 2.01. The molecule has 72 valence electrons. The molecule has 0 saturated carbocycles. The number of aryl methyl sites for hydroxylation is 2. The Morgan fingerprint density at radius 2 is 2.00 bits per heavy atom. The maximum Gasteiger partial charge on any atom is 0.136 e. The highest BCUT2D eigenvalue weighted by molar-refractivity contribution is 5.32. The number of aliphatic hydroxyl groups is 1. The van der Waals surface area contributed by atoms with Gasteiger partial charge in [0.2, 0.25) is 0 Å². The minimum absolute atomic E-state index is 0.782. The second-order valence-electron chi connectivity index (χ2n) is 3.71. The van der Waals surface area contributed by atoms with Crippen molar-refractivity contribution in [3.8, 4) is 0 Å². The van der Waals surface area contributed by atoms with Gasteiger partial charge in [-0.2, -0.15) is 0 Å². The molecule has 1 rings (SSSR count). The lowest BCUT2D eigenvalue weighted by Crippen LogP contribution is -2.32. The highest BCUT2D eigenvalue weighted by Crippen LogP contribution is 2.18. The van der Waals surface area contributed by atoms with Crippen molar-refractivity contribution in [1.29, 1.82) is 0 Å². The first-order valence-corrected chi connectivity index (χ1v) is 4.55. The van der Waals surface area contributed by atoms with Crippen LogP contribution in [0.3, 0.4) is 0 Å². The van der Waals surface area contributed by atoms with Crippen molar-refractivity contribution in [2.45, 2.75) is 32.9 Å². The lowest BCUT2D eigenvalue weighted by molar-refractivity contribution is 0.0646. The van der Waals surface area contributed by atoms with Gasteiger partial charge < -0.3 is 10.8 Å². The highest BCUT2D eigenvalue weighted by Gasteiger charge is 2.16. The van der Waals surface area contributed by atoms with E-state index in [1.807, 2.05) is 19.1 Å². The number of rotatable bonds is 2. The third-order valence-corrected chi connectivity index (χ3v) is 2.13. The van der Waals surface area contributed by atoms with Crippen LogP contribution in [0.4, 0.5) is 0 Å². The van der Waals surface area contributed by atoms with E-state index in [1.54, 1.807) is 6.92 Å². The molecule has 0 amide bonds. The van der Waals surface area contributed by atoms with Crippen LogP contribution in [-0.4, -0.2) is 5.11 Å². The van der Waals surface area contributed by atoms with Crippen LogP contribution in [0, 0.1) is 6.92 Å². The summed E-state index contributed by atoms with van der Waals surface area (Å²) in [6.07, 6.45) is 0.963. The molecule has 0 aliphatic heterocycles. The molecule has 0 spiro atoms. The Bertz CT molecular complexity index is 299. The summed E-state index contributed by atoms with van der Waals surface area (Å²) in [5.41, 5.74) is 7.51. The first kappa shape index (κ1) is 10.2. The molecule has 0 heterocycles. The Morgan fingerprint density at radius 3 is 2.46 bits per heavy atom. The molecule has 3 N–H and O–H groups in total. The van der Waals surface area contributed by atoms with Gasteiger partial charge in [0, 0.05) is 0 Å². The standard InChI is InChI=1S/C11H17NO/c1-4-9-5-8(2)6-10(7-9)11(3,12)13/h5-7,13H,4,12H2,1-3H3. The number of hydrogen-bond acceptors (Lipinski definition) is 2. The van der Waals surface area contributed by atoms with E-state index in [4.69, 9.17) is 5.73 Å². The molecule has 2 nitrogen and oxygen atoms in total. The van der Waals surface area contributed by atoms with Gasteiger partial charge in [0.15, 0.2) is 0 Å². The fourth-order valence-corrected chi connectivity index (χ4v) is 1.36. The number of nitrogens with two attached hydrogens (primary N) is 1. The van der Waals surface area contributed by atoms with E-state index in [1.165, 1.54) is 5.56 Å². The van der Waals surface area contributed by atoms with Crippen molar-refractivity contribution in [3.05, 3.63) is 34.9 Å². The largest absolute Gasteiger partial charge is 0.372 e. The fraction of sp³-hybridized carbons (Fsp3) is 0.455. The van der Waals surface area contributed by atoms with Crippen molar-refractivity contribution >= 4 is 0 Å². The zero-order chi connectivity index (χ0) is 10.1. The van der Waals surface area contributed by atoms with Crippen LogP contribution in [0.2, 0.25) is 0 Å². The zero-order valence-electron chi connectivity index (χ0n) is 8.46. The van der Waals surface area contributed by atoms with Gasteiger partial charge in [-0.15, -0.1) is 0 Å². The molecule has 1 aromatic carbocycles. The molecule has 1 unspecified atom stereocenters. The maximum atomic E-state index is 9.61. The summed E-state index contributed by atoms with van der Waals surface area (Å²) in [6, 6.07) is 5.97. The molecule has 2 heteroatoms. The van der Waals surface area contributed by atoms with E-state index in [0.717, 1.165) is 17.5 Å². The minimum atomic E-state index is -1.23. The predicted octanol–water partition coefficient (Wildman–Crippen LogP) is 1.68. The van der Waals surface area contributed by atoms with Gasteiger partial charge in [0.25, 0.3) is 0 Å². The lowest BCUT2D eigenvalue weighted by atomic mass is 9.99. The molecule has 0 bridgehead atoms. The van der Waals surface area contributed by atoms with Gasteiger partial charge in [-0.1, -0.05) is 30.7 Å². The van der Waals surface area contributed by atoms with Crippen LogP contribution in [0.5, 0.6) is 0 Å². The van der Waals surface area contributed by atoms with Crippen LogP contribution >= 0.6 is 0 Å². The van der Waals surface area contributed by atoms with Crippen LogP contribution < -0.4 is 5.73 Å². The van der Waals surface area contributed by atoms with Crippen LogP contribution in [0.15, 0.2) is 18.2 Å². The molecular formula is C11H17NO. The monoisotopic (exact) mass is 179 g/mol. The lowest BCUT2D eigenvalue weighted by Gasteiger charge is -2.19. The summed E-state index contributed by atoms with van der Waals surface area (Å²) in [6.45, 7) is 5.69. The number of hydrogen-bond donors (Lipinski definition) is 2. The summed E-state index contributed by atoms with van der Waals surface area (Å²) >= 11 is 0. The topological polar surface area (TPSA) is 46.2 Å². The molecule has 0 saturated heterocycles. The van der Waals surface area contributed by atoms with Crippen molar-refractivity contribution < 1.29 is 5.11 Å². The van der Waals surface area contributed by atoms with Gasteiger partial charge >= 0.3 is 0 Å². The molecule has 1 aromatic rings. The van der Waals surface area contributed by atoms with Gasteiger partial charge in [-0.3, -0.25) is 0 Å². The van der Waals surface area contributed by atoms with E-state index >= 15 is 0 Å². The highest BCUT2D eigenvalue weighted by atomic mass is 16.3. The van der Waals surface area contributed by atoms with Crippen LogP contribution in [0.25, 0.3) is 0 Å². The van der Waals surface area contributed by atoms with Gasteiger partial charge in [-0.05, 0) is 31.4 Å². The Hall–Kier alpha value is -0.860. The smallest absolute Gasteiger partial charge is 0.136 e. The van der Waals surface area contributed by atoms with E-state index < -0.39 is 5.72 Å². The second kappa shape index (κ2) is 3.48. The molecule has 1 atom stereocenters. The van der Waals surface area contributed by atoms with Crippen LogP contribution in [0.1, 0.15) is 30.5 Å². The Labute approximate surface area is 79.4 Å². The minimum Gasteiger partial charge on any atom is -0.372 e. The quantitative estimate of drug-likeness (QED) is 0.678. The summed E-state index contributed by atoms with van der Waals surface area (Å²) in [4.78, 5) is 0. The van der Waals surface area contributed by atoms with Crippen LogP contribution in [-0.2, 0) is 12.1 Å². The fourth-order valence-electron chi connectivity index (χ4n) is 1.36. The maximum absolute atomic E-state index is 9.61. The average molecular weight is 179 g/mol. The molecule has 13 heavy (non-hydrogen) atoms. The predicted molar refractivity (Wildman–Crippen MR) is 54.3 cm³/mol. The SMILES string of the molecule is CCc1cc(C)cc(C(C)(N)O)c1. The molecule has 0 aliphatic rings. The first-order valence-electron chi connectivity index (χ1n) is 4.55. The van der Waals surface area contributed by atoms with E-state index in [9.17, 15) is 5.11 Å². The summed E-state index contributed by atoms with van der Waals surface area (Å²) in [5.74, 6) is 0. The summed E-state index contributed by atoms with van der Waals surface area (Å²) in [5, 5.41) is 9.61. The third kappa shape index (κ3) is 2.54. The zero-order valence-corrected chi connectivity index (χ0v) is 8.46. The second-order valence-corrected chi connectivity index (χ2v) is 3.71. The molecule has 0 aromatic heterocycles. The Balaban J connectivity index is 3.16.